The number of alkyl halides is 3. The normalized spacial score (nSPS) is 10.9. The fourth-order valence-electron chi connectivity index (χ4n) is 0.942. The van der Waals surface area contributed by atoms with Gasteiger partial charge in [-0.3, -0.25) is 5.32 Å². The highest BCUT2D eigenvalue weighted by molar-refractivity contribution is 5.84. The summed E-state index contributed by atoms with van der Waals surface area (Å²) in [5.74, 6) is 0. The van der Waals surface area contributed by atoms with Crippen LogP contribution in [0.15, 0.2) is 24.3 Å². The summed E-state index contributed by atoms with van der Waals surface area (Å²) in [4.78, 5) is 10.7. The third kappa shape index (κ3) is 3.16. The molecule has 0 saturated heterocycles. The zero-order chi connectivity index (χ0) is 11.5. The van der Waals surface area contributed by atoms with Crippen LogP contribution < -0.4 is 5.32 Å². The molecular weight excluding hydrogens is 211 g/mol. The van der Waals surface area contributed by atoms with Crippen molar-refractivity contribution in [2.45, 2.75) is 6.18 Å². The van der Waals surface area contributed by atoms with Crippen LogP contribution in [-0.2, 0) is 10.9 Å². The Labute approximate surface area is 83.8 Å². The van der Waals surface area contributed by atoms with Gasteiger partial charge in [-0.2, -0.15) is 13.2 Å². The van der Waals surface area contributed by atoms with E-state index in [1.54, 1.807) is 0 Å². The lowest BCUT2D eigenvalue weighted by molar-refractivity contribution is -0.137. The molecule has 0 radical (unpaired) electrons. The Morgan fingerprint density at radius 1 is 1.40 bits per heavy atom. The van der Waals surface area contributed by atoms with Gasteiger partial charge < -0.3 is 4.74 Å². The molecule has 0 bridgehead atoms. The molecule has 0 aliphatic carbocycles. The minimum atomic E-state index is -4.42. The monoisotopic (exact) mass is 219 g/mol. The number of ether oxygens (including phenoxy) is 1. The topological polar surface area (TPSA) is 38.3 Å². The number of carbonyl (C=O) groups excluding carboxylic acids is 1. The van der Waals surface area contributed by atoms with Crippen molar-refractivity contribution in [2.24, 2.45) is 0 Å². The molecule has 6 heteroatoms. The third-order valence-corrected chi connectivity index (χ3v) is 1.62. The lowest BCUT2D eigenvalue weighted by atomic mass is 10.2. The van der Waals surface area contributed by atoms with Gasteiger partial charge in [-0.1, -0.05) is 6.07 Å². The summed E-state index contributed by atoms with van der Waals surface area (Å²) in [7, 11) is 1.13. The number of hydrogen-bond acceptors (Lipinski definition) is 2. The van der Waals surface area contributed by atoms with Crippen LogP contribution in [0.2, 0.25) is 0 Å². The highest BCUT2D eigenvalue weighted by Crippen LogP contribution is 2.30. The van der Waals surface area contributed by atoms with Crippen molar-refractivity contribution >= 4 is 11.8 Å². The first-order chi connectivity index (χ1) is 6.93. The Hall–Kier alpha value is -1.72. The molecule has 3 nitrogen and oxygen atoms in total. The maximum absolute atomic E-state index is 12.2. The Balaban J connectivity index is 2.88. The fourth-order valence-corrected chi connectivity index (χ4v) is 0.942. The molecular formula is C9H8F3NO2. The summed E-state index contributed by atoms with van der Waals surface area (Å²) < 4.78 is 41.0. The summed E-state index contributed by atoms with van der Waals surface area (Å²) in [6, 6.07) is 4.29. The Kier molecular flexibility index (Phi) is 3.18. The largest absolute Gasteiger partial charge is 0.453 e. The first-order valence-electron chi connectivity index (χ1n) is 3.95. The van der Waals surface area contributed by atoms with E-state index in [-0.39, 0.29) is 5.69 Å². The van der Waals surface area contributed by atoms with Crippen molar-refractivity contribution in [1.29, 1.82) is 0 Å². The van der Waals surface area contributed by atoms with E-state index in [0.29, 0.717) is 0 Å². The van der Waals surface area contributed by atoms with E-state index < -0.39 is 17.8 Å². The van der Waals surface area contributed by atoms with E-state index in [1.165, 1.54) is 12.1 Å². The van der Waals surface area contributed by atoms with Gasteiger partial charge in [-0.15, -0.1) is 0 Å². The lowest BCUT2D eigenvalue weighted by Crippen LogP contribution is -2.12. The summed E-state index contributed by atoms with van der Waals surface area (Å²) in [5.41, 5.74) is -0.784. The fraction of sp³-hybridized carbons (Fsp3) is 0.222. The van der Waals surface area contributed by atoms with E-state index >= 15 is 0 Å². The van der Waals surface area contributed by atoms with E-state index in [1.807, 2.05) is 0 Å². The van der Waals surface area contributed by atoms with Gasteiger partial charge in [0.2, 0.25) is 0 Å². The van der Waals surface area contributed by atoms with Gasteiger partial charge in [0.05, 0.1) is 12.7 Å². The second-order valence-electron chi connectivity index (χ2n) is 2.70. The quantitative estimate of drug-likeness (QED) is 0.788. The molecule has 0 unspecified atom stereocenters. The second kappa shape index (κ2) is 4.20. The van der Waals surface area contributed by atoms with E-state index in [0.717, 1.165) is 19.2 Å². The average Bonchev–Trinajstić information content (AvgIpc) is 2.17. The van der Waals surface area contributed by atoms with Crippen molar-refractivity contribution in [3.05, 3.63) is 29.8 Å². The van der Waals surface area contributed by atoms with Gasteiger partial charge >= 0.3 is 12.3 Å². The van der Waals surface area contributed by atoms with Gasteiger partial charge in [0, 0.05) is 5.69 Å². The maximum atomic E-state index is 12.2. The van der Waals surface area contributed by atoms with E-state index in [2.05, 4.69) is 10.1 Å². The average molecular weight is 219 g/mol. The van der Waals surface area contributed by atoms with Crippen molar-refractivity contribution < 1.29 is 22.7 Å². The standard InChI is InChI=1S/C9H8F3NO2/c1-15-8(14)13-7-4-2-3-6(5-7)9(10,11)12/h2-5H,1H3,(H,13,14). The third-order valence-electron chi connectivity index (χ3n) is 1.62. The number of rotatable bonds is 1. The molecule has 1 aromatic rings. The van der Waals surface area contributed by atoms with Gasteiger partial charge in [-0.05, 0) is 18.2 Å². The van der Waals surface area contributed by atoms with Gasteiger partial charge in [0.15, 0.2) is 0 Å². The molecule has 15 heavy (non-hydrogen) atoms. The van der Waals surface area contributed by atoms with Crippen LogP contribution >= 0.6 is 0 Å². The van der Waals surface area contributed by atoms with Gasteiger partial charge in [0.1, 0.15) is 0 Å². The van der Waals surface area contributed by atoms with E-state index in [9.17, 15) is 18.0 Å². The lowest BCUT2D eigenvalue weighted by Gasteiger charge is -2.08. The Morgan fingerprint density at radius 2 is 2.07 bits per heavy atom. The van der Waals surface area contributed by atoms with Crippen LogP contribution in [0.4, 0.5) is 23.7 Å². The van der Waals surface area contributed by atoms with Crippen LogP contribution in [-0.4, -0.2) is 13.2 Å². The first-order valence-corrected chi connectivity index (χ1v) is 3.95. The summed E-state index contributed by atoms with van der Waals surface area (Å²) in [6.07, 6.45) is -5.23. The number of halogens is 3. The smallest absolute Gasteiger partial charge is 0.416 e. The predicted octanol–water partition coefficient (Wildman–Crippen LogP) is 2.88. The molecule has 0 saturated carbocycles. The molecule has 1 rings (SSSR count). The molecule has 0 heterocycles. The molecule has 1 N–H and O–H groups in total. The number of carbonyl (C=O) groups is 1. The van der Waals surface area contributed by atoms with Crippen LogP contribution in [0.5, 0.6) is 0 Å². The Bertz CT molecular complexity index is 363. The number of benzene rings is 1. The van der Waals surface area contributed by atoms with Crippen molar-refractivity contribution in [1.82, 2.24) is 0 Å². The highest BCUT2D eigenvalue weighted by Gasteiger charge is 2.30. The van der Waals surface area contributed by atoms with Crippen molar-refractivity contribution in [3.8, 4) is 0 Å². The summed E-state index contributed by atoms with van der Waals surface area (Å²) in [5, 5.41) is 2.14. The minimum Gasteiger partial charge on any atom is -0.453 e. The SMILES string of the molecule is COC(=O)Nc1cccc(C(F)(F)F)c1. The number of methoxy groups -OCH3 is 1. The number of amides is 1. The summed E-state index contributed by atoms with van der Waals surface area (Å²) >= 11 is 0. The van der Waals surface area contributed by atoms with Crippen LogP contribution in [0, 0.1) is 0 Å². The van der Waals surface area contributed by atoms with E-state index in [4.69, 9.17) is 0 Å². The number of nitrogens with one attached hydrogen (secondary N) is 1. The predicted molar refractivity (Wildman–Crippen MR) is 47.5 cm³/mol. The first kappa shape index (κ1) is 11.4. The Morgan fingerprint density at radius 3 is 2.60 bits per heavy atom. The van der Waals surface area contributed by atoms with Crippen molar-refractivity contribution in [2.75, 3.05) is 12.4 Å². The number of hydrogen-bond donors (Lipinski definition) is 1. The van der Waals surface area contributed by atoms with Crippen LogP contribution in [0.1, 0.15) is 5.56 Å². The zero-order valence-electron chi connectivity index (χ0n) is 7.76. The zero-order valence-corrected chi connectivity index (χ0v) is 7.76. The molecule has 0 spiro atoms. The minimum absolute atomic E-state index is 0.0386. The van der Waals surface area contributed by atoms with Gasteiger partial charge in [0.25, 0.3) is 0 Å². The molecule has 0 aromatic heterocycles. The molecule has 1 amide bonds. The summed E-state index contributed by atoms with van der Waals surface area (Å²) in [6.45, 7) is 0. The molecule has 0 fully saturated rings. The molecule has 0 aliphatic rings. The highest BCUT2D eigenvalue weighted by atomic mass is 19.4. The molecule has 1 aromatic carbocycles. The number of anilines is 1. The maximum Gasteiger partial charge on any atom is 0.416 e. The van der Waals surface area contributed by atoms with Gasteiger partial charge in [-0.25, -0.2) is 4.79 Å². The van der Waals surface area contributed by atoms with Crippen molar-refractivity contribution in [3.63, 3.8) is 0 Å². The van der Waals surface area contributed by atoms with Crippen LogP contribution in [0.3, 0.4) is 0 Å². The van der Waals surface area contributed by atoms with Crippen LogP contribution in [0.25, 0.3) is 0 Å². The molecule has 0 atom stereocenters. The second-order valence-corrected chi connectivity index (χ2v) is 2.70. The molecule has 0 aliphatic heterocycles. The molecule has 82 valence electrons.